The number of benzene rings is 3. The second-order valence-corrected chi connectivity index (χ2v) is 22.1. The van der Waals surface area contributed by atoms with Crippen LogP contribution in [0.2, 0.25) is 0 Å². The van der Waals surface area contributed by atoms with Gasteiger partial charge in [-0.15, -0.1) is 10.2 Å². The number of aryl methyl sites for hydroxylation is 4. The summed E-state index contributed by atoms with van der Waals surface area (Å²) in [5.41, 5.74) is 1.82. The van der Waals surface area contributed by atoms with Crippen molar-refractivity contribution in [1.82, 2.24) is 40.6 Å². The van der Waals surface area contributed by atoms with Gasteiger partial charge in [-0.1, -0.05) is 52.0 Å². The molecule has 23 heteroatoms. The van der Waals surface area contributed by atoms with Crippen LogP contribution in [0.1, 0.15) is 195 Å². The van der Waals surface area contributed by atoms with Gasteiger partial charge >= 0.3 is 12.1 Å². The Morgan fingerprint density at radius 2 is 0.852 bits per heavy atom. The molecule has 2 amide bonds. The van der Waals surface area contributed by atoms with Gasteiger partial charge in [0.2, 0.25) is 17.2 Å². The number of aromatic nitrogens is 6. The molecule has 23 nitrogen and oxygen atoms in total. The van der Waals surface area contributed by atoms with Gasteiger partial charge in [0.25, 0.3) is 5.91 Å². The fourth-order valence-corrected chi connectivity index (χ4v) is 8.65. The van der Waals surface area contributed by atoms with Crippen molar-refractivity contribution in [2.75, 3.05) is 72.6 Å². The number of carbonyl (C=O) groups is 4. The Balaban J connectivity index is 1.11. The molecule has 0 aliphatic heterocycles. The number of carboxylic acids is 1. The van der Waals surface area contributed by atoms with E-state index in [9.17, 15) is 24.3 Å². The molecule has 5 rings (SSSR count). The van der Waals surface area contributed by atoms with Gasteiger partial charge < -0.3 is 63.1 Å². The quantitative estimate of drug-likeness (QED) is 0.0241. The van der Waals surface area contributed by atoms with Gasteiger partial charge in [-0.3, -0.25) is 19.0 Å². The minimum absolute atomic E-state index is 0.00280. The second-order valence-electron chi connectivity index (χ2n) is 22.1. The molecule has 0 bridgehead atoms. The van der Waals surface area contributed by atoms with Gasteiger partial charge in [-0.25, -0.2) is 9.59 Å². The molecule has 486 valence electrons. The topological polar surface area (TPSA) is 266 Å². The largest absolute Gasteiger partial charge is 0.490 e. The second kappa shape index (κ2) is 39.0. The van der Waals surface area contributed by atoms with E-state index in [1.807, 2.05) is 53.9 Å². The third-order valence-corrected chi connectivity index (χ3v) is 12.9. The fraction of sp³-hybridized carbons (Fsp3) is 0.600. The van der Waals surface area contributed by atoms with E-state index < -0.39 is 17.7 Å². The summed E-state index contributed by atoms with van der Waals surface area (Å²) < 4.78 is 63.6. The number of ether oxygens (including phenoxy) is 10. The third kappa shape index (κ3) is 25.0. The first-order valence-electron chi connectivity index (χ1n) is 31.6. The van der Waals surface area contributed by atoms with Gasteiger partial charge in [-0.05, 0) is 153 Å². The molecule has 0 saturated heterocycles. The molecule has 0 aliphatic rings. The smallest absolute Gasteiger partial charge is 0.407 e. The van der Waals surface area contributed by atoms with Crippen LogP contribution in [0.25, 0.3) is 0 Å². The minimum atomic E-state index is -1.17. The predicted octanol–water partition coefficient (Wildman–Crippen LogP) is 11.9. The lowest BCUT2D eigenvalue weighted by atomic mass is 10.0. The lowest BCUT2D eigenvalue weighted by Gasteiger charge is -2.20. The van der Waals surface area contributed by atoms with Gasteiger partial charge in [-0.2, -0.15) is 0 Å². The summed E-state index contributed by atoms with van der Waals surface area (Å²) in [4.78, 5) is 51.6. The van der Waals surface area contributed by atoms with Crippen molar-refractivity contribution in [3.8, 4) is 51.7 Å². The zero-order chi connectivity index (χ0) is 63.5. The number of amides is 2. The normalized spacial score (nSPS) is 11.2. The Labute approximate surface area is 519 Å². The van der Waals surface area contributed by atoms with E-state index in [2.05, 4.69) is 31.3 Å². The minimum Gasteiger partial charge on any atom is -0.490 e. The first-order chi connectivity index (χ1) is 42.6. The number of rotatable bonds is 46. The van der Waals surface area contributed by atoms with E-state index in [0.29, 0.717) is 163 Å². The summed E-state index contributed by atoms with van der Waals surface area (Å²) in [7, 11) is 0. The van der Waals surface area contributed by atoms with Crippen LogP contribution >= 0.6 is 0 Å². The molecule has 0 radical (unpaired) electrons. The van der Waals surface area contributed by atoms with Gasteiger partial charge in [0, 0.05) is 49.6 Å². The van der Waals surface area contributed by atoms with E-state index >= 15 is 0 Å². The van der Waals surface area contributed by atoms with E-state index in [4.69, 9.17) is 47.4 Å². The zero-order valence-corrected chi connectivity index (χ0v) is 53.5. The number of nitrogens with zero attached hydrogens (tertiary/aromatic N) is 6. The van der Waals surface area contributed by atoms with Crippen molar-refractivity contribution in [3.05, 3.63) is 76.9 Å². The average Bonchev–Trinajstić information content (AvgIpc) is 4.09. The molecule has 2 heterocycles. The van der Waals surface area contributed by atoms with E-state index in [1.54, 1.807) is 54.4 Å². The van der Waals surface area contributed by atoms with Crippen molar-refractivity contribution in [1.29, 1.82) is 0 Å². The number of hydrogen-bond acceptors (Lipinski definition) is 18. The fourth-order valence-electron chi connectivity index (χ4n) is 8.65. The maximum absolute atomic E-state index is 13.5. The van der Waals surface area contributed by atoms with E-state index in [-0.39, 0.29) is 60.9 Å². The Kier molecular flexibility index (Phi) is 31.4. The van der Waals surface area contributed by atoms with E-state index in [1.165, 1.54) is 12.1 Å². The van der Waals surface area contributed by atoms with Crippen LogP contribution in [0.4, 0.5) is 4.79 Å². The summed E-state index contributed by atoms with van der Waals surface area (Å²) in [6.45, 7) is 22.5. The molecule has 0 fully saturated rings. The molecule has 0 saturated carbocycles. The first kappa shape index (κ1) is 70.8. The summed E-state index contributed by atoms with van der Waals surface area (Å²) >= 11 is 0. The zero-order valence-electron chi connectivity index (χ0n) is 53.5. The number of Topliss-reactive ketones (excluding diaryl/α,β-unsaturated/α-hetero) is 1. The number of aromatic carboxylic acids is 1. The molecule has 0 spiro atoms. The van der Waals surface area contributed by atoms with Crippen LogP contribution in [0, 0.1) is 0 Å². The van der Waals surface area contributed by atoms with Crippen molar-refractivity contribution < 1.29 is 71.7 Å². The van der Waals surface area contributed by atoms with Gasteiger partial charge in [0.05, 0.1) is 76.4 Å². The van der Waals surface area contributed by atoms with Crippen LogP contribution < -0.4 is 53.3 Å². The Morgan fingerprint density at radius 3 is 1.28 bits per heavy atom. The van der Waals surface area contributed by atoms with E-state index in [0.717, 1.165) is 56.3 Å². The molecular weight excluding hydrogens is 1130 g/mol. The summed E-state index contributed by atoms with van der Waals surface area (Å²) in [6.07, 6.45) is 14.2. The predicted molar refractivity (Wildman–Crippen MR) is 333 cm³/mol. The maximum atomic E-state index is 13.5. The maximum Gasteiger partial charge on any atom is 0.407 e. The van der Waals surface area contributed by atoms with Crippen molar-refractivity contribution in [3.63, 3.8) is 0 Å². The van der Waals surface area contributed by atoms with Gasteiger partial charge in [0.1, 0.15) is 12.2 Å². The van der Waals surface area contributed by atoms with Crippen LogP contribution in [0.3, 0.4) is 0 Å². The Morgan fingerprint density at radius 1 is 0.455 bits per heavy atom. The number of unbranched alkanes of at least 4 members (excludes halogenated alkanes) is 3. The SMILES string of the molecule is CCCOc1cc(C(=O)CCCCn2cc(CCCCOc3cc(C(=O)O)cc(OCCCCc4cn(CCCNC(=O)c5cc(OCCC)c(OCCC)c(OCCC)c5)nn4)c3OCCNC(=O)OC(C)(C)C)nn2)cc(OCCC)c1OCCC. The lowest BCUT2D eigenvalue weighted by molar-refractivity contribution is 0.0518. The number of nitrogens with one attached hydrogen (secondary N) is 2. The Bertz CT molecular complexity index is 2680. The number of carbonyl (C=O) groups excluding carboxylic acids is 3. The molecule has 2 aromatic heterocycles. The summed E-state index contributed by atoms with van der Waals surface area (Å²) in [6, 6.07) is 9.74. The van der Waals surface area contributed by atoms with Crippen LogP contribution in [-0.2, 0) is 30.7 Å². The molecule has 3 N–H and O–H groups in total. The Hall–Kier alpha value is -7.98. The number of ketones is 1. The highest BCUT2D eigenvalue weighted by molar-refractivity contribution is 5.97. The highest BCUT2D eigenvalue weighted by atomic mass is 16.6. The van der Waals surface area contributed by atoms with Crippen molar-refractivity contribution in [2.45, 2.75) is 184 Å². The highest BCUT2D eigenvalue weighted by Crippen LogP contribution is 2.42. The first-order valence-corrected chi connectivity index (χ1v) is 31.6. The average molecular weight is 1230 g/mol. The molecule has 0 unspecified atom stereocenters. The van der Waals surface area contributed by atoms with Crippen LogP contribution in [0.15, 0.2) is 48.8 Å². The summed E-state index contributed by atoms with van der Waals surface area (Å²) in [5, 5.41) is 33.1. The molecule has 88 heavy (non-hydrogen) atoms. The monoisotopic (exact) mass is 1230 g/mol. The molecular formula is C65H96N8O15. The van der Waals surface area contributed by atoms with Crippen LogP contribution in [-0.4, -0.2) is 137 Å². The number of carboxylic acid groups (broad SMARTS) is 1. The standard InChI is InChI=1S/C65H96N8O15/c1-10-30-79-53-39-47(40-54(80-31-11-2)59(53)85-34-14-5)52(74)25-16-19-28-72-45-50(68-70-72)23-17-20-36-83-57-43-49(63(76)77)44-58(61(57)87-38-27-67-64(78)88-65(7,8)9)84-37-21-18-24-51-46-73(71-69-51)29-22-26-66-62(75)48-41-55(81-32-12-3)60(86-35-15-6)56(42-48)82-33-13-4/h39-46H,10-38H2,1-9H3,(H,66,75)(H,67,78)(H,76,77). The highest BCUT2D eigenvalue weighted by Gasteiger charge is 2.23. The van der Waals surface area contributed by atoms with Gasteiger partial charge in [0.15, 0.2) is 40.3 Å². The third-order valence-electron chi connectivity index (χ3n) is 12.9. The molecule has 0 atom stereocenters. The molecule has 5 aromatic rings. The molecule has 3 aromatic carbocycles. The van der Waals surface area contributed by atoms with Crippen LogP contribution in [0.5, 0.6) is 51.7 Å². The number of alkyl carbamates (subject to hydrolysis) is 1. The van der Waals surface area contributed by atoms with Crippen molar-refractivity contribution >= 4 is 23.8 Å². The van der Waals surface area contributed by atoms with Crippen molar-refractivity contribution in [2.24, 2.45) is 0 Å². The lowest BCUT2D eigenvalue weighted by Crippen LogP contribution is -2.34. The molecule has 0 aliphatic carbocycles. The summed E-state index contributed by atoms with van der Waals surface area (Å²) in [5.74, 6) is 2.21. The number of hydrogen-bond donors (Lipinski definition) is 3.